The summed E-state index contributed by atoms with van der Waals surface area (Å²) in [6.45, 7) is 2.21. The second kappa shape index (κ2) is 10.1. The van der Waals surface area contributed by atoms with Gasteiger partial charge in [-0.15, -0.1) is 0 Å². The topological polar surface area (TPSA) is 67.2 Å². The Kier molecular flexibility index (Phi) is 7.30. The van der Waals surface area contributed by atoms with Gasteiger partial charge in [-0.3, -0.25) is 0 Å². The van der Waals surface area contributed by atoms with Crippen LogP contribution in [0.25, 0.3) is 22.4 Å². The zero-order chi connectivity index (χ0) is 20.6. The third-order valence-corrected chi connectivity index (χ3v) is 5.32. The molecule has 0 aliphatic heterocycles. The molecule has 6 heteroatoms. The smallest absolute Gasteiger partial charge is 0.404 e. The largest absolute Gasteiger partial charge is 0.465 e. The van der Waals surface area contributed by atoms with Gasteiger partial charge in [0.1, 0.15) is 0 Å². The van der Waals surface area contributed by atoms with E-state index in [0.29, 0.717) is 12.6 Å². The lowest BCUT2D eigenvalue weighted by Crippen LogP contribution is -2.19. The highest BCUT2D eigenvalue weighted by Crippen LogP contribution is 2.34. The summed E-state index contributed by atoms with van der Waals surface area (Å²) in [5.41, 5.74) is 4.84. The minimum Gasteiger partial charge on any atom is -0.465 e. The first-order valence-electron chi connectivity index (χ1n) is 9.93. The zero-order valence-electron chi connectivity index (χ0n) is 16.5. The van der Waals surface area contributed by atoms with Crippen molar-refractivity contribution in [3.05, 3.63) is 66.1 Å². The number of hydrogen-bond donors (Lipinski definition) is 2. The van der Waals surface area contributed by atoms with Crippen LogP contribution < -0.4 is 5.32 Å². The van der Waals surface area contributed by atoms with Crippen LogP contribution in [0.3, 0.4) is 0 Å². The number of benzene rings is 2. The van der Waals surface area contributed by atoms with Crippen LogP contribution in [-0.2, 0) is 0 Å². The van der Waals surface area contributed by atoms with Crippen molar-refractivity contribution in [3.8, 4) is 22.4 Å². The number of halogens is 1. The van der Waals surface area contributed by atoms with E-state index in [1.807, 2.05) is 24.7 Å². The van der Waals surface area contributed by atoms with Gasteiger partial charge in [0.2, 0.25) is 0 Å². The summed E-state index contributed by atoms with van der Waals surface area (Å²) in [5.74, 6) is 0. The molecule has 1 saturated carbocycles. The molecule has 0 spiro atoms. The van der Waals surface area contributed by atoms with Crippen LogP contribution in [0.4, 0.5) is 4.79 Å². The van der Waals surface area contributed by atoms with E-state index in [-0.39, 0.29) is 0 Å². The highest BCUT2D eigenvalue weighted by Gasteiger charge is 2.19. The van der Waals surface area contributed by atoms with Crippen LogP contribution in [0.2, 0.25) is 5.02 Å². The van der Waals surface area contributed by atoms with Crippen molar-refractivity contribution in [1.29, 1.82) is 0 Å². The van der Waals surface area contributed by atoms with Gasteiger partial charge in [0.05, 0.1) is 18.2 Å². The van der Waals surface area contributed by atoms with Crippen LogP contribution in [0.5, 0.6) is 0 Å². The van der Waals surface area contributed by atoms with E-state index in [0.717, 1.165) is 5.02 Å². The van der Waals surface area contributed by atoms with E-state index >= 15 is 0 Å². The Morgan fingerprint density at radius 1 is 1.07 bits per heavy atom. The van der Waals surface area contributed by atoms with Crippen LogP contribution >= 0.6 is 11.6 Å². The van der Waals surface area contributed by atoms with E-state index < -0.39 is 6.09 Å². The first-order valence-corrected chi connectivity index (χ1v) is 10.3. The van der Waals surface area contributed by atoms with Gasteiger partial charge >= 0.3 is 6.09 Å². The lowest BCUT2D eigenvalue weighted by Gasteiger charge is -2.15. The molecule has 0 atom stereocenters. The summed E-state index contributed by atoms with van der Waals surface area (Å²) >= 11 is 5.96. The van der Waals surface area contributed by atoms with Gasteiger partial charge in [-0.05, 0) is 48.6 Å². The summed E-state index contributed by atoms with van der Waals surface area (Å²) in [6, 6.07) is 17.3. The first-order chi connectivity index (χ1) is 14.1. The molecule has 1 aliphatic carbocycles. The molecule has 152 valence electrons. The van der Waals surface area contributed by atoms with Crippen molar-refractivity contribution in [2.75, 3.05) is 6.54 Å². The third-order valence-electron chi connectivity index (χ3n) is 5.07. The van der Waals surface area contributed by atoms with Gasteiger partial charge in [-0.25, -0.2) is 9.78 Å². The number of amides is 1. The normalized spacial score (nSPS) is 13.6. The van der Waals surface area contributed by atoms with E-state index in [9.17, 15) is 4.79 Å². The fraction of sp³-hybridized carbons (Fsp3) is 0.304. The summed E-state index contributed by atoms with van der Waals surface area (Å²) in [6.07, 6.45) is 8.21. The number of nitrogens with one attached hydrogen (secondary N) is 1. The second-order valence-corrected chi connectivity index (χ2v) is 7.48. The van der Waals surface area contributed by atoms with Crippen molar-refractivity contribution < 1.29 is 9.90 Å². The van der Waals surface area contributed by atoms with Gasteiger partial charge in [-0.1, -0.05) is 60.8 Å². The van der Waals surface area contributed by atoms with Crippen molar-refractivity contribution in [1.82, 2.24) is 14.9 Å². The number of hydrogen-bond acceptors (Lipinski definition) is 2. The van der Waals surface area contributed by atoms with Crippen molar-refractivity contribution >= 4 is 17.7 Å². The maximum atomic E-state index is 9.49. The number of carbonyl (C=O) groups is 1. The van der Waals surface area contributed by atoms with Crippen LogP contribution in [0.1, 0.15) is 38.6 Å². The van der Waals surface area contributed by atoms with Gasteiger partial charge in [0, 0.05) is 17.6 Å². The molecule has 1 aromatic heterocycles. The summed E-state index contributed by atoms with van der Waals surface area (Å²) < 4.78 is 2.35. The molecule has 3 aromatic rings. The Morgan fingerprint density at radius 3 is 2.14 bits per heavy atom. The van der Waals surface area contributed by atoms with Crippen LogP contribution in [0.15, 0.2) is 61.1 Å². The van der Waals surface area contributed by atoms with E-state index in [1.165, 1.54) is 48.1 Å². The Morgan fingerprint density at radius 2 is 1.62 bits per heavy atom. The predicted octanol–water partition coefficient (Wildman–Crippen LogP) is 6.26. The summed E-state index contributed by atoms with van der Waals surface area (Å²) in [7, 11) is 0. The lowest BCUT2D eigenvalue weighted by atomic mass is 10.0. The minimum absolute atomic E-state index is 0.481. The molecule has 0 unspecified atom stereocenters. The Hall–Kier alpha value is -2.79. The third kappa shape index (κ3) is 5.61. The molecule has 1 amide bonds. The molecule has 1 aliphatic rings. The maximum Gasteiger partial charge on any atom is 0.404 e. The summed E-state index contributed by atoms with van der Waals surface area (Å²) in [5, 5.41) is 10.7. The number of nitrogens with zero attached hydrogens (tertiary/aromatic N) is 2. The molecule has 1 heterocycles. The highest BCUT2D eigenvalue weighted by atomic mass is 35.5. The standard InChI is InChI=1S/C20H19ClN2.C3H7NO2/c21-18-11-9-16(10-12-18)15-5-7-17(8-6-15)20-13-22-14-23(20)19-3-1-2-4-19;1-2-4-3(5)6/h5-14,19H,1-4H2;4H,2H2,1H3,(H,5,6). The molecular weight excluding hydrogens is 386 g/mol. The molecule has 4 rings (SSSR count). The Labute approximate surface area is 176 Å². The molecule has 2 aromatic carbocycles. The SMILES string of the molecule is CCNC(=O)O.Clc1ccc(-c2ccc(-c3cncn3C3CCCC3)cc2)cc1. The molecule has 2 N–H and O–H groups in total. The van der Waals surface area contributed by atoms with Crippen molar-refractivity contribution in [3.63, 3.8) is 0 Å². The molecule has 0 bridgehead atoms. The van der Waals surface area contributed by atoms with Crippen LogP contribution in [0, 0.1) is 0 Å². The van der Waals surface area contributed by atoms with Gasteiger partial charge in [0.15, 0.2) is 0 Å². The van der Waals surface area contributed by atoms with E-state index in [4.69, 9.17) is 16.7 Å². The minimum atomic E-state index is -0.961. The number of imidazole rings is 1. The van der Waals surface area contributed by atoms with Crippen LogP contribution in [-0.4, -0.2) is 27.3 Å². The first kappa shape index (κ1) is 20.9. The summed E-state index contributed by atoms with van der Waals surface area (Å²) in [4.78, 5) is 13.9. The quantitative estimate of drug-likeness (QED) is 0.532. The fourth-order valence-corrected chi connectivity index (χ4v) is 3.75. The number of aromatic nitrogens is 2. The van der Waals surface area contributed by atoms with Gasteiger partial charge in [-0.2, -0.15) is 0 Å². The number of carboxylic acid groups (broad SMARTS) is 1. The maximum absolute atomic E-state index is 9.49. The lowest BCUT2D eigenvalue weighted by molar-refractivity contribution is 0.195. The zero-order valence-corrected chi connectivity index (χ0v) is 17.3. The average Bonchev–Trinajstić information content (AvgIpc) is 3.41. The predicted molar refractivity (Wildman–Crippen MR) is 117 cm³/mol. The number of rotatable bonds is 4. The molecular formula is C23H26ClN3O2. The average molecular weight is 412 g/mol. The second-order valence-electron chi connectivity index (χ2n) is 7.04. The van der Waals surface area contributed by atoms with Crippen molar-refractivity contribution in [2.45, 2.75) is 38.6 Å². The Balaban J connectivity index is 0.000000353. The fourth-order valence-electron chi connectivity index (χ4n) is 3.63. The molecule has 1 fully saturated rings. The van der Waals surface area contributed by atoms with Crippen molar-refractivity contribution in [2.24, 2.45) is 0 Å². The molecule has 29 heavy (non-hydrogen) atoms. The monoisotopic (exact) mass is 411 g/mol. The Bertz CT molecular complexity index is 914. The highest BCUT2D eigenvalue weighted by molar-refractivity contribution is 6.30. The van der Waals surface area contributed by atoms with Gasteiger partial charge < -0.3 is 15.0 Å². The molecule has 0 radical (unpaired) electrons. The van der Waals surface area contributed by atoms with E-state index in [1.54, 1.807) is 6.92 Å². The van der Waals surface area contributed by atoms with Gasteiger partial charge in [0.25, 0.3) is 0 Å². The molecule has 0 saturated heterocycles. The molecule has 5 nitrogen and oxygen atoms in total. The van der Waals surface area contributed by atoms with E-state index in [2.05, 4.69) is 51.3 Å².